The maximum absolute atomic E-state index is 13.9. The van der Waals surface area contributed by atoms with Crippen molar-refractivity contribution < 1.29 is 31.2 Å². The topological polar surface area (TPSA) is 86.8 Å². The van der Waals surface area contributed by atoms with Gasteiger partial charge in [-0.1, -0.05) is 66.6 Å². The number of benzene rings is 3. The van der Waals surface area contributed by atoms with Crippen LogP contribution in [0.1, 0.15) is 43.9 Å². The molecule has 0 unspecified atom stereocenters. The van der Waals surface area contributed by atoms with Gasteiger partial charge in [0.1, 0.15) is 12.6 Å². The van der Waals surface area contributed by atoms with Gasteiger partial charge < -0.3 is 10.2 Å². The summed E-state index contributed by atoms with van der Waals surface area (Å²) in [6.07, 6.45) is -4.23. The van der Waals surface area contributed by atoms with E-state index in [0.29, 0.717) is 22.4 Å². The predicted molar refractivity (Wildman–Crippen MR) is 157 cm³/mol. The first-order chi connectivity index (χ1) is 19.6. The summed E-state index contributed by atoms with van der Waals surface area (Å²) in [5.41, 5.74) is -0.219. The molecular weight excluding hydrogens is 591 g/mol. The fourth-order valence-electron chi connectivity index (χ4n) is 4.08. The van der Waals surface area contributed by atoms with E-state index in [2.05, 4.69) is 5.32 Å². The smallest absolute Gasteiger partial charge is 0.352 e. The van der Waals surface area contributed by atoms with Gasteiger partial charge in [-0.25, -0.2) is 8.42 Å². The van der Waals surface area contributed by atoms with E-state index >= 15 is 0 Å². The number of carbonyl (C=O) groups is 2. The van der Waals surface area contributed by atoms with Gasteiger partial charge in [0.05, 0.1) is 21.2 Å². The number of sulfonamides is 1. The molecule has 0 aliphatic carbocycles. The van der Waals surface area contributed by atoms with Crippen molar-refractivity contribution in [3.05, 3.63) is 94.5 Å². The van der Waals surface area contributed by atoms with Gasteiger partial charge >= 0.3 is 6.18 Å². The number of aryl methyl sites for hydroxylation is 1. The number of hydrogen-bond donors (Lipinski definition) is 1. The van der Waals surface area contributed by atoms with Gasteiger partial charge in [-0.05, 0) is 63.1 Å². The van der Waals surface area contributed by atoms with Crippen molar-refractivity contribution in [2.45, 2.75) is 63.8 Å². The molecule has 0 fully saturated rings. The third-order valence-corrected chi connectivity index (χ3v) is 8.91. The second-order valence-corrected chi connectivity index (χ2v) is 12.3. The van der Waals surface area contributed by atoms with Crippen molar-refractivity contribution in [3.8, 4) is 0 Å². The highest BCUT2D eigenvalue weighted by Gasteiger charge is 2.37. The molecule has 7 nitrogen and oxygen atoms in total. The quantitative estimate of drug-likeness (QED) is 0.276. The highest BCUT2D eigenvalue weighted by atomic mass is 35.5. The maximum atomic E-state index is 13.9. The molecule has 3 aromatic rings. The Kier molecular flexibility index (Phi) is 10.7. The minimum atomic E-state index is -4.88. The molecular formula is C30H33ClF3N3O4S. The predicted octanol–water partition coefficient (Wildman–Crippen LogP) is 6.19. The number of rotatable bonds is 11. The van der Waals surface area contributed by atoms with Crippen LogP contribution in [-0.4, -0.2) is 43.8 Å². The molecule has 0 aliphatic heterocycles. The van der Waals surface area contributed by atoms with Crippen LogP contribution in [-0.2, 0) is 32.3 Å². The molecule has 2 amide bonds. The fraction of sp³-hybridized carbons (Fsp3) is 0.333. The number of nitrogens with one attached hydrogen (secondary N) is 1. The average molecular weight is 624 g/mol. The molecule has 2 atom stereocenters. The van der Waals surface area contributed by atoms with Crippen LogP contribution in [0.25, 0.3) is 0 Å². The second-order valence-electron chi connectivity index (χ2n) is 9.99. The zero-order valence-electron chi connectivity index (χ0n) is 23.7. The SMILES string of the molecule is CC[C@H](C)NC(=O)[C@H](C)N(Cc1ccccc1)C(=O)CN(c1ccc(Cl)c(C(F)(F)F)c1)S(=O)(=O)c1ccc(C)cc1. The Morgan fingerprint density at radius 2 is 1.60 bits per heavy atom. The molecule has 12 heteroatoms. The Labute approximate surface area is 249 Å². The molecule has 0 aliphatic rings. The van der Waals surface area contributed by atoms with Gasteiger partial charge in [0.15, 0.2) is 0 Å². The first-order valence-corrected chi connectivity index (χ1v) is 15.1. The highest BCUT2D eigenvalue weighted by molar-refractivity contribution is 7.92. The Hall–Kier alpha value is -3.57. The molecule has 42 heavy (non-hydrogen) atoms. The number of halogens is 4. The number of hydrogen-bond acceptors (Lipinski definition) is 4. The Morgan fingerprint density at radius 3 is 2.17 bits per heavy atom. The number of alkyl halides is 3. The van der Waals surface area contributed by atoms with Gasteiger partial charge in [0, 0.05) is 12.6 Å². The number of nitrogens with zero attached hydrogens (tertiary/aromatic N) is 2. The first-order valence-electron chi connectivity index (χ1n) is 13.2. The maximum Gasteiger partial charge on any atom is 0.417 e. The van der Waals surface area contributed by atoms with E-state index in [-0.39, 0.29) is 17.5 Å². The summed E-state index contributed by atoms with van der Waals surface area (Å²) in [6, 6.07) is 15.9. The first kappa shape index (κ1) is 32.9. The molecule has 0 aromatic heterocycles. The lowest BCUT2D eigenvalue weighted by molar-refractivity contribution is -0.139. The number of amides is 2. The Morgan fingerprint density at radius 1 is 0.976 bits per heavy atom. The van der Waals surface area contributed by atoms with E-state index in [4.69, 9.17) is 11.6 Å². The normalized spacial score (nSPS) is 13.2. The summed E-state index contributed by atoms with van der Waals surface area (Å²) in [7, 11) is -4.54. The van der Waals surface area contributed by atoms with E-state index in [1.165, 1.54) is 24.0 Å². The summed E-state index contributed by atoms with van der Waals surface area (Å²) in [4.78, 5) is 28.0. The summed E-state index contributed by atoms with van der Waals surface area (Å²) in [6.45, 7) is 6.05. The van der Waals surface area contributed by atoms with Crippen LogP contribution >= 0.6 is 11.6 Å². The van der Waals surface area contributed by atoms with Crippen LogP contribution in [0, 0.1) is 6.92 Å². The van der Waals surface area contributed by atoms with Gasteiger partial charge in [0.2, 0.25) is 11.8 Å². The number of anilines is 1. The largest absolute Gasteiger partial charge is 0.417 e. The lowest BCUT2D eigenvalue weighted by Crippen LogP contribution is -2.52. The van der Waals surface area contributed by atoms with Crippen LogP contribution in [0.2, 0.25) is 5.02 Å². The third kappa shape index (κ3) is 8.04. The average Bonchev–Trinajstić information content (AvgIpc) is 2.94. The molecule has 0 saturated carbocycles. The van der Waals surface area contributed by atoms with E-state index in [0.717, 1.165) is 17.7 Å². The minimum Gasteiger partial charge on any atom is -0.352 e. The third-order valence-electron chi connectivity index (χ3n) is 6.80. The van der Waals surface area contributed by atoms with Gasteiger partial charge in [0.25, 0.3) is 10.0 Å². The molecule has 3 rings (SSSR count). The van der Waals surface area contributed by atoms with E-state index in [1.54, 1.807) is 49.4 Å². The zero-order valence-corrected chi connectivity index (χ0v) is 25.2. The number of carbonyl (C=O) groups excluding carboxylic acids is 2. The van der Waals surface area contributed by atoms with Crippen molar-refractivity contribution in [2.75, 3.05) is 10.8 Å². The van der Waals surface area contributed by atoms with Crippen molar-refractivity contribution in [1.82, 2.24) is 10.2 Å². The molecule has 0 radical (unpaired) electrons. The van der Waals surface area contributed by atoms with Gasteiger partial charge in [-0.3, -0.25) is 13.9 Å². The summed E-state index contributed by atoms with van der Waals surface area (Å²) in [5, 5.41) is 2.20. The van der Waals surface area contributed by atoms with Crippen LogP contribution < -0.4 is 9.62 Å². The van der Waals surface area contributed by atoms with E-state index in [9.17, 15) is 31.2 Å². The highest BCUT2D eigenvalue weighted by Crippen LogP contribution is 2.38. The Bertz CT molecular complexity index is 1500. The standard InChI is InChI=1S/C30H33ClF3N3O4S/c1-5-21(3)35-29(39)22(4)36(18-23-9-7-6-8-10-23)28(38)19-37(42(40,41)25-14-11-20(2)12-15-25)24-13-16-27(31)26(17-24)30(32,33)34/h6-17,21-22H,5,18-19H2,1-4H3,(H,35,39)/t21-,22-/m0/s1. The lowest BCUT2D eigenvalue weighted by atomic mass is 10.1. The molecule has 226 valence electrons. The monoisotopic (exact) mass is 623 g/mol. The van der Waals surface area contributed by atoms with Crippen molar-refractivity contribution in [1.29, 1.82) is 0 Å². The van der Waals surface area contributed by atoms with Crippen LogP contribution in [0.3, 0.4) is 0 Å². The molecule has 1 N–H and O–H groups in total. The minimum absolute atomic E-state index is 0.0401. The van der Waals surface area contributed by atoms with Crippen molar-refractivity contribution in [2.24, 2.45) is 0 Å². The second kappa shape index (κ2) is 13.6. The molecule has 0 heterocycles. The summed E-state index contributed by atoms with van der Waals surface area (Å²) in [5.74, 6) is -1.24. The van der Waals surface area contributed by atoms with Crippen LogP contribution in [0.4, 0.5) is 18.9 Å². The van der Waals surface area contributed by atoms with E-state index in [1.807, 2.05) is 13.8 Å². The fourth-order valence-corrected chi connectivity index (χ4v) is 5.71. The van der Waals surface area contributed by atoms with Gasteiger partial charge in [-0.15, -0.1) is 0 Å². The van der Waals surface area contributed by atoms with Crippen LogP contribution in [0.15, 0.2) is 77.7 Å². The summed E-state index contributed by atoms with van der Waals surface area (Å²) < 4.78 is 69.6. The van der Waals surface area contributed by atoms with Crippen molar-refractivity contribution >= 4 is 39.1 Å². The van der Waals surface area contributed by atoms with E-state index < -0.39 is 56.9 Å². The lowest BCUT2D eigenvalue weighted by Gasteiger charge is -2.32. The molecule has 0 bridgehead atoms. The zero-order chi connectivity index (χ0) is 31.2. The molecule has 0 saturated heterocycles. The Balaban J connectivity index is 2.11. The van der Waals surface area contributed by atoms with Crippen LogP contribution in [0.5, 0.6) is 0 Å². The van der Waals surface area contributed by atoms with Gasteiger partial charge in [-0.2, -0.15) is 13.2 Å². The van der Waals surface area contributed by atoms with Crippen molar-refractivity contribution in [3.63, 3.8) is 0 Å². The summed E-state index contributed by atoms with van der Waals surface area (Å²) >= 11 is 5.80. The molecule has 3 aromatic carbocycles. The molecule has 0 spiro atoms.